The van der Waals surface area contributed by atoms with E-state index < -0.39 is 0 Å². The van der Waals surface area contributed by atoms with E-state index in [0.29, 0.717) is 12.1 Å². The maximum atomic E-state index is 12.0. The number of benzene rings is 1. The fraction of sp³-hybridized carbons (Fsp3) is 0.400. The topological polar surface area (TPSA) is 78.7 Å². The SMILES string of the molecule is CCCCNC(=O)c1ccc(CNC(=NC)NCCc2ccco2)cc1. The second-order valence-electron chi connectivity index (χ2n) is 5.99. The summed E-state index contributed by atoms with van der Waals surface area (Å²) >= 11 is 0. The third-order valence-corrected chi connectivity index (χ3v) is 3.96. The predicted octanol–water partition coefficient (Wildman–Crippen LogP) is 2.72. The first-order valence-corrected chi connectivity index (χ1v) is 9.07. The highest BCUT2D eigenvalue weighted by Gasteiger charge is 2.05. The molecule has 0 atom stereocenters. The smallest absolute Gasteiger partial charge is 0.251 e. The maximum Gasteiger partial charge on any atom is 0.251 e. The molecule has 3 N–H and O–H groups in total. The quantitative estimate of drug-likeness (QED) is 0.367. The number of rotatable bonds is 9. The van der Waals surface area contributed by atoms with Gasteiger partial charge in [0.2, 0.25) is 0 Å². The lowest BCUT2D eigenvalue weighted by molar-refractivity contribution is 0.0953. The molecule has 0 saturated carbocycles. The first-order valence-electron chi connectivity index (χ1n) is 9.07. The van der Waals surface area contributed by atoms with Crippen molar-refractivity contribution in [3.05, 3.63) is 59.5 Å². The van der Waals surface area contributed by atoms with Gasteiger partial charge in [-0.05, 0) is 36.2 Å². The van der Waals surface area contributed by atoms with Crippen LogP contribution in [0, 0.1) is 0 Å². The summed E-state index contributed by atoms with van der Waals surface area (Å²) in [4.78, 5) is 16.2. The summed E-state index contributed by atoms with van der Waals surface area (Å²) in [5.41, 5.74) is 1.77. The monoisotopic (exact) mass is 356 g/mol. The largest absolute Gasteiger partial charge is 0.469 e. The number of furan rings is 1. The predicted molar refractivity (Wildman–Crippen MR) is 104 cm³/mol. The van der Waals surface area contributed by atoms with Gasteiger partial charge in [-0.3, -0.25) is 9.79 Å². The molecule has 0 aliphatic carbocycles. The van der Waals surface area contributed by atoms with Gasteiger partial charge in [0.1, 0.15) is 5.76 Å². The fourth-order valence-corrected chi connectivity index (χ4v) is 2.42. The minimum absolute atomic E-state index is 0.0200. The highest BCUT2D eigenvalue weighted by atomic mass is 16.3. The van der Waals surface area contributed by atoms with Crippen LogP contribution in [-0.2, 0) is 13.0 Å². The zero-order chi connectivity index (χ0) is 18.6. The Hall–Kier alpha value is -2.76. The van der Waals surface area contributed by atoms with E-state index in [-0.39, 0.29) is 5.91 Å². The van der Waals surface area contributed by atoms with E-state index in [4.69, 9.17) is 4.42 Å². The number of aliphatic imine (C=N–C) groups is 1. The molecule has 0 bridgehead atoms. The Kier molecular flexibility index (Phi) is 8.26. The van der Waals surface area contributed by atoms with Crippen molar-refractivity contribution in [2.45, 2.75) is 32.7 Å². The third-order valence-electron chi connectivity index (χ3n) is 3.96. The number of hydrogen-bond acceptors (Lipinski definition) is 3. The molecule has 0 radical (unpaired) electrons. The van der Waals surface area contributed by atoms with Gasteiger partial charge >= 0.3 is 0 Å². The highest BCUT2D eigenvalue weighted by Crippen LogP contribution is 2.05. The fourth-order valence-electron chi connectivity index (χ4n) is 2.42. The normalized spacial score (nSPS) is 11.2. The Labute approximate surface area is 155 Å². The molecule has 0 fully saturated rings. The minimum atomic E-state index is -0.0200. The van der Waals surface area contributed by atoms with Gasteiger partial charge < -0.3 is 20.4 Å². The van der Waals surface area contributed by atoms with Crippen LogP contribution in [0.2, 0.25) is 0 Å². The van der Waals surface area contributed by atoms with E-state index in [1.54, 1.807) is 13.3 Å². The van der Waals surface area contributed by atoms with Gasteiger partial charge in [0.25, 0.3) is 5.91 Å². The number of carbonyl (C=O) groups is 1. The molecule has 0 spiro atoms. The van der Waals surface area contributed by atoms with Crippen LogP contribution >= 0.6 is 0 Å². The molecule has 2 aromatic rings. The van der Waals surface area contributed by atoms with Crippen LogP contribution in [0.4, 0.5) is 0 Å². The number of amides is 1. The molecule has 140 valence electrons. The van der Waals surface area contributed by atoms with Crippen LogP contribution < -0.4 is 16.0 Å². The average molecular weight is 356 g/mol. The molecule has 0 saturated heterocycles. The molecular formula is C20H28N4O2. The average Bonchev–Trinajstić information content (AvgIpc) is 3.18. The summed E-state index contributed by atoms with van der Waals surface area (Å²) in [7, 11) is 1.74. The van der Waals surface area contributed by atoms with Crippen LogP contribution in [0.15, 0.2) is 52.1 Å². The second-order valence-corrected chi connectivity index (χ2v) is 5.99. The minimum Gasteiger partial charge on any atom is -0.469 e. The molecule has 1 aromatic heterocycles. The molecule has 6 heteroatoms. The van der Waals surface area contributed by atoms with Gasteiger partial charge in [-0.15, -0.1) is 0 Å². The van der Waals surface area contributed by atoms with Crippen molar-refractivity contribution in [3.63, 3.8) is 0 Å². The molecule has 1 aromatic carbocycles. The Morgan fingerprint density at radius 3 is 2.54 bits per heavy atom. The molecule has 1 amide bonds. The third kappa shape index (κ3) is 6.63. The number of carbonyl (C=O) groups excluding carboxylic acids is 1. The van der Waals surface area contributed by atoms with Gasteiger partial charge in [0.15, 0.2) is 5.96 Å². The summed E-state index contributed by atoms with van der Waals surface area (Å²) in [5.74, 6) is 1.66. The van der Waals surface area contributed by atoms with Crippen molar-refractivity contribution in [3.8, 4) is 0 Å². The Morgan fingerprint density at radius 1 is 1.08 bits per heavy atom. The van der Waals surface area contributed by atoms with Crippen LogP contribution in [0.3, 0.4) is 0 Å². The van der Waals surface area contributed by atoms with Crippen molar-refractivity contribution in [2.75, 3.05) is 20.1 Å². The Balaban J connectivity index is 1.74. The number of guanidine groups is 1. The maximum absolute atomic E-state index is 12.0. The lowest BCUT2D eigenvalue weighted by Gasteiger charge is -2.12. The molecular weight excluding hydrogens is 328 g/mol. The highest BCUT2D eigenvalue weighted by molar-refractivity contribution is 5.94. The summed E-state index contributed by atoms with van der Waals surface area (Å²) < 4.78 is 5.31. The summed E-state index contributed by atoms with van der Waals surface area (Å²) in [5, 5.41) is 9.44. The summed E-state index contributed by atoms with van der Waals surface area (Å²) in [6, 6.07) is 11.5. The molecule has 0 aliphatic rings. The molecule has 0 aliphatic heterocycles. The van der Waals surface area contributed by atoms with E-state index in [1.807, 2.05) is 36.4 Å². The van der Waals surface area contributed by atoms with Gasteiger partial charge in [0, 0.05) is 38.7 Å². The second kappa shape index (κ2) is 11.0. The Morgan fingerprint density at radius 2 is 1.88 bits per heavy atom. The van der Waals surface area contributed by atoms with Crippen molar-refractivity contribution in [1.29, 1.82) is 0 Å². The molecule has 26 heavy (non-hydrogen) atoms. The molecule has 1 heterocycles. The number of nitrogens with zero attached hydrogens (tertiary/aromatic N) is 1. The van der Waals surface area contributed by atoms with E-state index in [0.717, 1.165) is 49.6 Å². The zero-order valence-corrected chi connectivity index (χ0v) is 15.5. The lowest BCUT2D eigenvalue weighted by Crippen LogP contribution is -2.37. The van der Waals surface area contributed by atoms with E-state index in [2.05, 4.69) is 27.9 Å². The standard InChI is InChI=1S/C20H28N4O2/c1-3-4-12-22-19(25)17-9-7-16(8-10-17)15-24-20(21-2)23-13-11-18-6-5-14-26-18/h5-10,14H,3-4,11-13,15H2,1-2H3,(H,22,25)(H2,21,23,24). The first kappa shape index (κ1) is 19.6. The Bertz CT molecular complexity index is 678. The van der Waals surface area contributed by atoms with E-state index in [1.165, 1.54) is 0 Å². The van der Waals surface area contributed by atoms with E-state index in [9.17, 15) is 4.79 Å². The molecule has 6 nitrogen and oxygen atoms in total. The summed E-state index contributed by atoms with van der Waals surface area (Å²) in [6.07, 6.45) is 4.55. The zero-order valence-electron chi connectivity index (χ0n) is 15.5. The van der Waals surface area contributed by atoms with Gasteiger partial charge in [0.05, 0.1) is 6.26 Å². The van der Waals surface area contributed by atoms with Crippen LogP contribution in [-0.4, -0.2) is 32.0 Å². The number of hydrogen-bond donors (Lipinski definition) is 3. The molecule has 2 rings (SSSR count). The van der Waals surface area contributed by atoms with Crippen molar-refractivity contribution >= 4 is 11.9 Å². The van der Waals surface area contributed by atoms with Crippen molar-refractivity contribution in [1.82, 2.24) is 16.0 Å². The summed E-state index contributed by atoms with van der Waals surface area (Å²) in [6.45, 7) is 4.20. The first-order chi connectivity index (χ1) is 12.7. The van der Waals surface area contributed by atoms with E-state index >= 15 is 0 Å². The van der Waals surface area contributed by atoms with Crippen LogP contribution in [0.25, 0.3) is 0 Å². The van der Waals surface area contributed by atoms with Crippen molar-refractivity contribution in [2.24, 2.45) is 4.99 Å². The van der Waals surface area contributed by atoms with Crippen molar-refractivity contribution < 1.29 is 9.21 Å². The van der Waals surface area contributed by atoms with Crippen LogP contribution in [0.1, 0.15) is 41.4 Å². The number of unbranched alkanes of at least 4 members (excludes halogenated alkanes) is 1. The number of nitrogens with one attached hydrogen (secondary N) is 3. The lowest BCUT2D eigenvalue weighted by atomic mass is 10.1. The van der Waals surface area contributed by atoms with Crippen LogP contribution in [0.5, 0.6) is 0 Å². The van der Waals surface area contributed by atoms with Gasteiger partial charge in [-0.2, -0.15) is 0 Å². The van der Waals surface area contributed by atoms with Gasteiger partial charge in [-0.25, -0.2) is 0 Å². The molecule has 0 unspecified atom stereocenters. The van der Waals surface area contributed by atoms with Gasteiger partial charge in [-0.1, -0.05) is 25.5 Å².